The van der Waals surface area contributed by atoms with Gasteiger partial charge in [-0.25, -0.2) is 8.42 Å². The predicted molar refractivity (Wildman–Crippen MR) is 110 cm³/mol. The molecule has 0 radical (unpaired) electrons. The Kier molecular flexibility index (Phi) is 6.05. The minimum absolute atomic E-state index is 0.0402. The maximum Gasteiger partial charge on any atom is 0.261 e. The number of piperazine rings is 1. The standard InChI is InChI=1S/C21H27N3O3S/c1-4-23-12-14-24(15-13-23)21(25)18-8-10-19(11-9-18)28(26,27)22-20-7-5-6-16(2)17(20)3/h5-11,22H,4,12-15H2,1-3H3/p+1. The Morgan fingerprint density at radius 3 is 2.32 bits per heavy atom. The van der Waals surface area contributed by atoms with E-state index in [1.54, 1.807) is 18.2 Å². The number of benzene rings is 2. The van der Waals surface area contributed by atoms with Gasteiger partial charge in [0.2, 0.25) is 0 Å². The van der Waals surface area contributed by atoms with Crippen molar-refractivity contribution >= 4 is 21.6 Å². The zero-order valence-corrected chi connectivity index (χ0v) is 17.5. The lowest BCUT2D eigenvalue weighted by atomic mass is 10.1. The summed E-state index contributed by atoms with van der Waals surface area (Å²) in [6.45, 7) is 10.4. The minimum atomic E-state index is -3.71. The molecule has 2 aromatic carbocycles. The van der Waals surface area contributed by atoms with Crippen LogP contribution >= 0.6 is 0 Å². The Hall–Kier alpha value is -2.38. The van der Waals surface area contributed by atoms with Crippen LogP contribution in [-0.4, -0.2) is 51.9 Å². The Balaban J connectivity index is 1.73. The number of quaternary nitrogens is 1. The van der Waals surface area contributed by atoms with Crippen LogP contribution in [0, 0.1) is 13.8 Å². The van der Waals surface area contributed by atoms with Crippen LogP contribution in [-0.2, 0) is 10.0 Å². The van der Waals surface area contributed by atoms with Crippen LogP contribution in [0.2, 0.25) is 0 Å². The first-order valence-corrected chi connectivity index (χ1v) is 11.1. The van der Waals surface area contributed by atoms with E-state index in [1.807, 2.05) is 30.9 Å². The number of aryl methyl sites for hydroxylation is 1. The van der Waals surface area contributed by atoms with Gasteiger partial charge < -0.3 is 9.80 Å². The van der Waals surface area contributed by atoms with Gasteiger partial charge in [-0.05, 0) is 62.2 Å². The minimum Gasteiger partial charge on any atom is -0.332 e. The summed E-state index contributed by atoms with van der Waals surface area (Å²) in [4.78, 5) is 16.2. The Morgan fingerprint density at radius 2 is 1.71 bits per heavy atom. The van der Waals surface area contributed by atoms with Crippen molar-refractivity contribution in [3.8, 4) is 0 Å². The van der Waals surface area contributed by atoms with Crippen LogP contribution in [0.3, 0.4) is 0 Å². The second-order valence-corrected chi connectivity index (χ2v) is 8.96. The summed E-state index contributed by atoms with van der Waals surface area (Å²) in [5, 5.41) is 0. The highest BCUT2D eigenvalue weighted by Crippen LogP contribution is 2.22. The van der Waals surface area contributed by atoms with Crippen molar-refractivity contribution in [3.63, 3.8) is 0 Å². The first-order chi connectivity index (χ1) is 13.3. The highest BCUT2D eigenvalue weighted by atomic mass is 32.2. The number of carbonyl (C=O) groups is 1. The van der Waals surface area contributed by atoms with Crippen LogP contribution in [0.25, 0.3) is 0 Å². The van der Waals surface area contributed by atoms with Crippen molar-refractivity contribution in [2.75, 3.05) is 37.4 Å². The molecule has 1 heterocycles. The fourth-order valence-corrected chi connectivity index (χ4v) is 4.53. The van der Waals surface area contributed by atoms with Gasteiger partial charge in [0, 0.05) is 5.56 Å². The number of nitrogens with zero attached hydrogens (tertiary/aromatic N) is 1. The van der Waals surface area contributed by atoms with E-state index in [0.717, 1.165) is 43.9 Å². The lowest BCUT2D eigenvalue weighted by Crippen LogP contribution is -3.14. The maximum atomic E-state index is 12.7. The molecule has 0 aromatic heterocycles. The van der Waals surface area contributed by atoms with Gasteiger partial charge in [-0.2, -0.15) is 0 Å². The third-order valence-electron chi connectivity index (χ3n) is 5.52. The summed E-state index contributed by atoms with van der Waals surface area (Å²) in [6, 6.07) is 11.7. The third kappa shape index (κ3) is 4.36. The molecule has 3 rings (SSSR count). The van der Waals surface area contributed by atoms with Crippen molar-refractivity contribution in [1.29, 1.82) is 0 Å². The van der Waals surface area contributed by atoms with Crippen molar-refractivity contribution in [3.05, 3.63) is 59.2 Å². The zero-order valence-electron chi connectivity index (χ0n) is 16.7. The van der Waals surface area contributed by atoms with Crippen LogP contribution in [0.1, 0.15) is 28.4 Å². The van der Waals surface area contributed by atoms with E-state index in [9.17, 15) is 13.2 Å². The number of anilines is 1. The molecular formula is C21H28N3O3S+. The number of amides is 1. The Bertz CT molecular complexity index is 947. The monoisotopic (exact) mass is 402 g/mol. The number of likely N-dealkylation sites (N-methyl/N-ethyl adjacent to an activating group) is 1. The molecule has 150 valence electrons. The molecule has 1 aliphatic rings. The van der Waals surface area contributed by atoms with Gasteiger partial charge in [-0.1, -0.05) is 12.1 Å². The van der Waals surface area contributed by atoms with Crippen molar-refractivity contribution in [2.24, 2.45) is 0 Å². The van der Waals surface area contributed by atoms with Crippen LogP contribution < -0.4 is 9.62 Å². The number of nitrogens with one attached hydrogen (secondary N) is 2. The zero-order chi connectivity index (χ0) is 20.3. The lowest BCUT2D eigenvalue weighted by molar-refractivity contribution is -0.902. The molecule has 1 saturated heterocycles. The van der Waals surface area contributed by atoms with E-state index < -0.39 is 10.0 Å². The topological polar surface area (TPSA) is 70.9 Å². The van der Waals surface area contributed by atoms with E-state index in [2.05, 4.69) is 11.6 Å². The summed E-state index contributed by atoms with van der Waals surface area (Å²) < 4.78 is 28.1. The maximum absolute atomic E-state index is 12.7. The first kappa shape index (κ1) is 20.4. The molecule has 6 nitrogen and oxygen atoms in total. The Morgan fingerprint density at radius 1 is 1.07 bits per heavy atom. The highest BCUT2D eigenvalue weighted by molar-refractivity contribution is 7.92. The molecule has 1 fully saturated rings. The van der Waals surface area contributed by atoms with E-state index in [1.165, 1.54) is 17.0 Å². The van der Waals surface area contributed by atoms with Gasteiger partial charge in [0.1, 0.15) is 0 Å². The van der Waals surface area contributed by atoms with E-state index in [4.69, 9.17) is 0 Å². The normalized spacial score (nSPS) is 15.5. The molecule has 0 spiro atoms. The average molecular weight is 403 g/mol. The van der Waals surface area contributed by atoms with Gasteiger partial charge in [0.25, 0.3) is 15.9 Å². The molecule has 1 aliphatic heterocycles. The molecule has 1 amide bonds. The summed E-state index contributed by atoms with van der Waals surface area (Å²) >= 11 is 0. The number of hydrogen-bond donors (Lipinski definition) is 2. The van der Waals surface area contributed by atoms with Gasteiger partial charge in [0.05, 0.1) is 43.3 Å². The molecule has 2 N–H and O–H groups in total. The predicted octanol–water partition coefficient (Wildman–Crippen LogP) is 1.46. The first-order valence-electron chi connectivity index (χ1n) is 9.63. The van der Waals surface area contributed by atoms with Crippen LogP contribution in [0.4, 0.5) is 5.69 Å². The van der Waals surface area contributed by atoms with Gasteiger partial charge in [0.15, 0.2) is 0 Å². The number of sulfonamides is 1. The summed E-state index contributed by atoms with van der Waals surface area (Å²) in [5.41, 5.74) is 3.00. The highest BCUT2D eigenvalue weighted by Gasteiger charge is 2.24. The number of carbonyl (C=O) groups excluding carboxylic acids is 1. The molecule has 0 saturated carbocycles. The number of hydrogen-bond acceptors (Lipinski definition) is 3. The van der Waals surface area contributed by atoms with E-state index >= 15 is 0 Å². The molecule has 0 bridgehead atoms. The second kappa shape index (κ2) is 8.32. The molecule has 0 unspecified atom stereocenters. The second-order valence-electron chi connectivity index (χ2n) is 7.27. The molecule has 0 aliphatic carbocycles. The van der Waals surface area contributed by atoms with Gasteiger partial charge in [-0.3, -0.25) is 9.52 Å². The summed E-state index contributed by atoms with van der Waals surface area (Å²) in [5.74, 6) is -0.0402. The molecule has 0 atom stereocenters. The number of rotatable bonds is 5. The molecule has 28 heavy (non-hydrogen) atoms. The van der Waals surface area contributed by atoms with E-state index in [-0.39, 0.29) is 10.8 Å². The van der Waals surface area contributed by atoms with Crippen LogP contribution in [0.5, 0.6) is 0 Å². The molecule has 7 heteroatoms. The average Bonchev–Trinajstić information content (AvgIpc) is 2.71. The van der Waals surface area contributed by atoms with Crippen molar-refractivity contribution in [1.82, 2.24) is 4.90 Å². The smallest absolute Gasteiger partial charge is 0.261 e. The van der Waals surface area contributed by atoms with Crippen LogP contribution in [0.15, 0.2) is 47.4 Å². The fraction of sp³-hybridized carbons (Fsp3) is 0.381. The quantitative estimate of drug-likeness (QED) is 0.796. The molecule has 2 aromatic rings. The summed E-state index contributed by atoms with van der Waals surface area (Å²) in [6.07, 6.45) is 0. The third-order valence-corrected chi connectivity index (χ3v) is 6.90. The van der Waals surface area contributed by atoms with Crippen molar-refractivity contribution in [2.45, 2.75) is 25.7 Å². The van der Waals surface area contributed by atoms with Crippen molar-refractivity contribution < 1.29 is 18.1 Å². The van der Waals surface area contributed by atoms with Gasteiger partial charge in [-0.15, -0.1) is 0 Å². The van der Waals surface area contributed by atoms with Gasteiger partial charge >= 0.3 is 0 Å². The SMILES string of the molecule is CC[NH+]1CCN(C(=O)c2ccc(S(=O)(=O)Nc3cccc(C)c3C)cc2)CC1. The van der Waals surface area contributed by atoms with E-state index in [0.29, 0.717) is 11.3 Å². The lowest BCUT2D eigenvalue weighted by Gasteiger charge is -2.31. The Labute approximate surface area is 167 Å². The fourth-order valence-electron chi connectivity index (χ4n) is 3.40. The molecular weight excluding hydrogens is 374 g/mol. The summed E-state index contributed by atoms with van der Waals surface area (Å²) in [7, 11) is -3.71. The largest absolute Gasteiger partial charge is 0.332 e.